The Morgan fingerprint density at radius 1 is 1.29 bits per heavy atom. The molecular weight excluding hydrogens is 328 g/mol. The zero-order valence-electron chi connectivity index (χ0n) is 14.4. The highest BCUT2D eigenvalue weighted by molar-refractivity contribution is 7.92. The van der Waals surface area contributed by atoms with Crippen LogP contribution in [0.2, 0.25) is 0 Å². The molecule has 0 bridgehead atoms. The highest BCUT2D eigenvalue weighted by atomic mass is 32.2. The highest BCUT2D eigenvalue weighted by Gasteiger charge is 2.16. The average Bonchev–Trinajstić information content (AvgIpc) is 2.80. The Bertz CT molecular complexity index is 871. The lowest BCUT2D eigenvalue weighted by Gasteiger charge is -2.15. The van der Waals surface area contributed by atoms with Gasteiger partial charge in [0.25, 0.3) is 5.91 Å². The third kappa shape index (κ3) is 4.14. The first-order valence-electron chi connectivity index (χ1n) is 7.46. The Balaban J connectivity index is 2.21. The van der Waals surface area contributed by atoms with Gasteiger partial charge in [0, 0.05) is 23.9 Å². The van der Waals surface area contributed by atoms with E-state index in [0.717, 1.165) is 23.1 Å². The van der Waals surface area contributed by atoms with E-state index in [-0.39, 0.29) is 11.9 Å². The second kappa shape index (κ2) is 6.64. The normalized spacial score (nSPS) is 12.7. The maximum atomic E-state index is 12.5. The van der Waals surface area contributed by atoms with Crippen molar-refractivity contribution in [3.05, 3.63) is 46.8 Å². The fraction of sp³-hybridized carbons (Fsp3) is 0.375. The van der Waals surface area contributed by atoms with Crippen molar-refractivity contribution in [1.82, 2.24) is 15.1 Å². The van der Waals surface area contributed by atoms with Gasteiger partial charge in [0.05, 0.1) is 24.2 Å². The van der Waals surface area contributed by atoms with Gasteiger partial charge in [-0.15, -0.1) is 0 Å². The summed E-state index contributed by atoms with van der Waals surface area (Å²) in [5.41, 5.74) is 3.45. The molecule has 7 nitrogen and oxygen atoms in total. The van der Waals surface area contributed by atoms with Gasteiger partial charge in [-0.05, 0) is 38.5 Å². The van der Waals surface area contributed by atoms with Gasteiger partial charge in [-0.2, -0.15) is 5.10 Å². The molecular formula is C16H22N4O3S. The van der Waals surface area contributed by atoms with E-state index in [2.05, 4.69) is 15.1 Å². The molecule has 2 N–H and O–H groups in total. The van der Waals surface area contributed by atoms with Gasteiger partial charge in [-0.3, -0.25) is 14.2 Å². The summed E-state index contributed by atoms with van der Waals surface area (Å²) in [6.45, 7) is 5.59. The van der Waals surface area contributed by atoms with Gasteiger partial charge in [-0.1, -0.05) is 6.07 Å². The zero-order valence-corrected chi connectivity index (χ0v) is 15.2. The van der Waals surface area contributed by atoms with Crippen LogP contribution in [0.25, 0.3) is 0 Å². The lowest BCUT2D eigenvalue weighted by molar-refractivity contribution is 0.0940. The monoisotopic (exact) mass is 350 g/mol. The standard InChI is InChI=1S/C16H22N4O3S/c1-10-6-7-13(8-15(10)19-24(5,22)23)16(21)18-11(2)14-9-17-20(4)12(14)3/h6-9,11,19H,1-5H3,(H,18,21)/t11-/m1/s1. The van der Waals surface area contributed by atoms with E-state index in [9.17, 15) is 13.2 Å². The van der Waals surface area contributed by atoms with Gasteiger partial charge < -0.3 is 5.32 Å². The number of aryl methyl sites for hydroxylation is 2. The SMILES string of the molecule is Cc1ccc(C(=O)N[C@H](C)c2cnn(C)c2C)cc1NS(C)(=O)=O. The molecule has 130 valence electrons. The lowest BCUT2D eigenvalue weighted by atomic mass is 10.1. The third-order valence-corrected chi connectivity index (χ3v) is 4.47. The summed E-state index contributed by atoms with van der Waals surface area (Å²) < 4.78 is 27.0. The van der Waals surface area contributed by atoms with Gasteiger partial charge >= 0.3 is 0 Å². The van der Waals surface area contributed by atoms with Gasteiger partial charge in [0.15, 0.2) is 0 Å². The molecule has 1 aromatic carbocycles. The van der Waals surface area contributed by atoms with Crippen LogP contribution in [0, 0.1) is 13.8 Å². The second-order valence-corrected chi connectivity index (χ2v) is 7.66. The molecule has 1 atom stereocenters. The fourth-order valence-electron chi connectivity index (χ4n) is 2.37. The van der Waals surface area contributed by atoms with Gasteiger partial charge in [0.1, 0.15) is 0 Å². The summed E-state index contributed by atoms with van der Waals surface area (Å²) in [7, 11) is -1.56. The summed E-state index contributed by atoms with van der Waals surface area (Å²) in [5, 5.41) is 7.08. The van der Waals surface area contributed by atoms with Crippen molar-refractivity contribution in [2.45, 2.75) is 26.8 Å². The summed E-state index contributed by atoms with van der Waals surface area (Å²) in [5.74, 6) is -0.276. The van der Waals surface area contributed by atoms with Crippen molar-refractivity contribution in [3.8, 4) is 0 Å². The average molecular weight is 350 g/mol. The van der Waals surface area contributed by atoms with Crippen LogP contribution in [-0.4, -0.2) is 30.4 Å². The van der Waals surface area contributed by atoms with E-state index in [4.69, 9.17) is 0 Å². The molecule has 0 aliphatic heterocycles. The van der Waals surface area contributed by atoms with E-state index < -0.39 is 10.0 Å². The number of amides is 1. The number of anilines is 1. The van der Waals surface area contributed by atoms with E-state index in [1.54, 1.807) is 29.9 Å². The Labute approximate surface area is 142 Å². The first-order chi connectivity index (χ1) is 11.1. The Morgan fingerprint density at radius 3 is 2.50 bits per heavy atom. The van der Waals surface area contributed by atoms with Crippen LogP contribution in [0.3, 0.4) is 0 Å². The molecule has 1 aromatic heterocycles. The maximum Gasteiger partial charge on any atom is 0.251 e. The molecule has 1 heterocycles. The van der Waals surface area contributed by atoms with Crippen molar-refractivity contribution in [3.63, 3.8) is 0 Å². The summed E-state index contributed by atoms with van der Waals surface area (Å²) in [6.07, 6.45) is 2.80. The molecule has 2 aromatic rings. The summed E-state index contributed by atoms with van der Waals surface area (Å²) >= 11 is 0. The molecule has 0 aliphatic rings. The van der Waals surface area contributed by atoms with Gasteiger partial charge in [-0.25, -0.2) is 8.42 Å². The van der Waals surface area contributed by atoms with E-state index in [0.29, 0.717) is 11.3 Å². The van der Waals surface area contributed by atoms with Crippen LogP contribution < -0.4 is 10.0 Å². The number of sulfonamides is 1. The molecule has 24 heavy (non-hydrogen) atoms. The first kappa shape index (κ1) is 18.0. The number of aromatic nitrogens is 2. The predicted octanol–water partition coefficient (Wildman–Crippen LogP) is 1.90. The van der Waals surface area contributed by atoms with Crippen molar-refractivity contribution >= 4 is 21.6 Å². The number of benzene rings is 1. The van der Waals surface area contributed by atoms with E-state index in [1.807, 2.05) is 20.9 Å². The van der Waals surface area contributed by atoms with Crippen LogP contribution >= 0.6 is 0 Å². The zero-order chi connectivity index (χ0) is 18.1. The highest BCUT2D eigenvalue weighted by Crippen LogP contribution is 2.20. The number of hydrogen-bond donors (Lipinski definition) is 2. The molecule has 0 radical (unpaired) electrons. The number of rotatable bonds is 5. The number of carbonyl (C=O) groups excluding carboxylic acids is 1. The van der Waals surface area contributed by atoms with E-state index in [1.165, 1.54) is 6.07 Å². The van der Waals surface area contributed by atoms with Crippen LogP contribution in [0.5, 0.6) is 0 Å². The van der Waals surface area contributed by atoms with Crippen molar-refractivity contribution in [2.24, 2.45) is 7.05 Å². The minimum absolute atomic E-state index is 0.209. The molecule has 0 saturated heterocycles. The van der Waals surface area contributed by atoms with Crippen LogP contribution in [0.1, 0.15) is 40.1 Å². The number of hydrogen-bond acceptors (Lipinski definition) is 4. The van der Waals surface area contributed by atoms with Gasteiger partial charge in [0.2, 0.25) is 10.0 Å². The molecule has 2 rings (SSSR count). The van der Waals surface area contributed by atoms with Crippen molar-refractivity contribution in [2.75, 3.05) is 11.0 Å². The maximum absolute atomic E-state index is 12.5. The third-order valence-electron chi connectivity index (χ3n) is 3.88. The summed E-state index contributed by atoms with van der Waals surface area (Å²) in [4.78, 5) is 12.5. The lowest BCUT2D eigenvalue weighted by Crippen LogP contribution is -2.27. The molecule has 0 fully saturated rings. The largest absolute Gasteiger partial charge is 0.345 e. The van der Waals surface area contributed by atoms with Crippen molar-refractivity contribution < 1.29 is 13.2 Å². The smallest absolute Gasteiger partial charge is 0.251 e. The molecule has 8 heteroatoms. The topological polar surface area (TPSA) is 93.1 Å². The number of carbonyl (C=O) groups is 1. The fourth-order valence-corrected chi connectivity index (χ4v) is 2.99. The van der Waals surface area contributed by atoms with Crippen LogP contribution in [0.15, 0.2) is 24.4 Å². The summed E-state index contributed by atoms with van der Waals surface area (Å²) in [6, 6.07) is 4.71. The molecule has 0 spiro atoms. The Morgan fingerprint density at radius 2 is 1.96 bits per heavy atom. The minimum Gasteiger partial charge on any atom is -0.345 e. The first-order valence-corrected chi connectivity index (χ1v) is 9.35. The Hall–Kier alpha value is -2.35. The number of nitrogens with zero attached hydrogens (tertiary/aromatic N) is 2. The molecule has 0 unspecified atom stereocenters. The molecule has 1 amide bonds. The minimum atomic E-state index is -3.40. The quantitative estimate of drug-likeness (QED) is 0.861. The second-order valence-electron chi connectivity index (χ2n) is 5.91. The Kier molecular flexibility index (Phi) is 4.98. The number of nitrogens with one attached hydrogen (secondary N) is 2. The van der Waals surface area contributed by atoms with Crippen molar-refractivity contribution in [1.29, 1.82) is 0 Å². The van der Waals surface area contributed by atoms with Crippen LogP contribution in [0.4, 0.5) is 5.69 Å². The molecule has 0 saturated carbocycles. The molecule has 0 aliphatic carbocycles. The van der Waals surface area contributed by atoms with Crippen LogP contribution in [-0.2, 0) is 17.1 Å². The predicted molar refractivity (Wildman–Crippen MR) is 93.5 cm³/mol. The van der Waals surface area contributed by atoms with E-state index >= 15 is 0 Å².